The molecule has 0 aliphatic heterocycles. The molecule has 5 heteroatoms. The lowest BCUT2D eigenvalue weighted by Crippen LogP contribution is -2.44. The summed E-state index contributed by atoms with van der Waals surface area (Å²) in [5.74, 6) is 0.570. The van der Waals surface area contributed by atoms with Crippen LogP contribution in [0.1, 0.15) is 61.9 Å². The molecule has 1 N–H and O–H groups in total. The van der Waals surface area contributed by atoms with Gasteiger partial charge in [0.15, 0.2) is 0 Å². The van der Waals surface area contributed by atoms with Gasteiger partial charge in [-0.2, -0.15) is 5.26 Å². The van der Waals surface area contributed by atoms with Crippen molar-refractivity contribution in [3.05, 3.63) is 52.7 Å². The first kappa shape index (κ1) is 21.1. The summed E-state index contributed by atoms with van der Waals surface area (Å²) in [7, 11) is 0. The van der Waals surface area contributed by atoms with Gasteiger partial charge in [-0.1, -0.05) is 43.2 Å². The highest BCUT2D eigenvalue weighted by Crippen LogP contribution is 2.28. The Labute approximate surface area is 174 Å². The van der Waals surface area contributed by atoms with Crippen LogP contribution in [0.4, 0.5) is 5.82 Å². The fraction of sp³-hybridized carbons (Fsp3) is 0.500. The van der Waals surface area contributed by atoms with E-state index in [9.17, 15) is 10.1 Å². The third-order valence-corrected chi connectivity index (χ3v) is 6.17. The first-order valence-electron chi connectivity index (χ1n) is 10.6. The number of rotatable bonds is 7. The van der Waals surface area contributed by atoms with Crippen molar-refractivity contribution < 1.29 is 4.79 Å². The molecule has 0 radical (unpaired) electrons. The van der Waals surface area contributed by atoms with E-state index >= 15 is 0 Å². The Morgan fingerprint density at radius 2 is 1.90 bits per heavy atom. The average Bonchev–Trinajstić information content (AvgIpc) is 3.30. The van der Waals surface area contributed by atoms with Gasteiger partial charge in [0.25, 0.3) is 0 Å². The summed E-state index contributed by atoms with van der Waals surface area (Å²) in [4.78, 5) is 15.3. The van der Waals surface area contributed by atoms with Crippen LogP contribution in [0.2, 0.25) is 0 Å². The molecule has 154 valence electrons. The molecule has 0 unspecified atom stereocenters. The molecular weight excluding hydrogens is 360 g/mol. The molecule has 1 heterocycles. The summed E-state index contributed by atoms with van der Waals surface area (Å²) in [6, 6.07) is 13.2. The fourth-order valence-corrected chi connectivity index (χ4v) is 4.40. The molecule has 1 amide bonds. The molecular formula is C24H32N4O. The average molecular weight is 393 g/mol. The minimum atomic E-state index is -0.0473. The van der Waals surface area contributed by atoms with Gasteiger partial charge in [0.1, 0.15) is 11.9 Å². The molecule has 2 aromatic rings. The van der Waals surface area contributed by atoms with Crippen LogP contribution in [0, 0.1) is 25.2 Å². The third-order valence-electron chi connectivity index (χ3n) is 6.17. The lowest BCUT2D eigenvalue weighted by atomic mass is 10.1. The van der Waals surface area contributed by atoms with Gasteiger partial charge in [0, 0.05) is 24.3 Å². The van der Waals surface area contributed by atoms with E-state index in [2.05, 4.69) is 46.8 Å². The van der Waals surface area contributed by atoms with Gasteiger partial charge in [-0.25, -0.2) is 0 Å². The number of carbonyl (C=O) groups is 1. The van der Waals surface area contributed by atoms with Crippen molar-refractivity contribution in [2.24, 2.45) is 0 Å². The van der Waals surface area contributed by atoms with Gasteiger partial charge in [-0.3, -0.25) is 9.69 Å². The predicted octanol–water partition coefficient (Wildman–Crippen LogP) is 4.62. The Morgan fingerprint density at radius 3 is 2.48 bits per heavy atom. The quantitative estimate of drug-likeness (QED) is 0.748. The highest BCUT2D eigenvalue weighted by molar-refractivity contribution is 5.93. The van der Waals surface area contributed by atoms with Crippen LogP contribution in [0.5, 0.6) is 0 Å². The highest BCUT2D eigenvalue weighted by Gasteiger charge is 2.27. The Morgan fingerprint density at radius 1 is 1.24 bits per heavy atom. The molecule has 1 aromatic heterocycles. The second kappa shape index (κ2) is 9.28. The zero-order chi connectivity index (χ0) is 21.0. The topological polar surface area (TPSA) is 61.1 Å². The SMILES string of the molecule is Cc1c(C#N)c(NC(=O)CN(C(C)C)C2CCCC2)n(Cc2ccccc2)c1C. The number of hydrogen-bond acceptors (Lipinski definition) is 3. The zero-order valence-corrected chi connectivity index (χ0v) is 18.0. The van der Waals surface area contributed by atoms with Gasteiger partial charge in [-0.15, -0.1) is 0 Å². The number of hydrogen-bond donors (Lipinski definition) is 1. The maximum Gasteiger partial charge on any atom is 0.239 e. The smallest absolute Gasteiger partial charge is 0.239 e. The van der Waals surface area contributed by atoms with Gasteiger partial charge in [-0.05, 0) is 51.7 Å². The summed E-state index contributed by atoms with van der Waals surface area (Å²) < 4.78 is 2.05. The van der Waals surface area contributed by atoms with Crippen molar-refractivity contribution in [1.82, 2.24) is 9.47 Å². The van der Waals surface area contributed by atoms with E-state index in [0.29, 0.717) is 36.6 Å². The minimum Gasteiger partial charge on any atom is -0.326 e. The fourth-order valence-electron chi connectivity index (χ4n) is 4.40. The van der Waals surface area contributed by atoms with Crippen molar-refractivity contribution in [2.75, 3.05) is 11.9 Å². The van der Waals surface area contributed by atoms with Crippen LogP contribution < -0.4 is 5.32 Å². The van der Waals surface area contributed by atoms with E-state index in [0.717, 1.165) is 29.7 Å². The van der Waals surface area contributed by atoms with Gasteiger partial charge < -0.3 is 9.88 Å². The lowest BCUT2D eigenvalue weighted by Gasteiger charge is -2.32. The second-order valence-electron chi connectivity index (χ2n) is 8.37. The number of aromatic nitrogens is 1. The first-order chi connectivity index (χ1) is 13.9. The van der Waals surface area contributed by atoms with Crippen LogP contribution in [0.25, 0.3) is 0 Å². The molecule has 1 fully saturated rings. The summed E-state index contributed by atoms with van der Waals surface area (Å²) in [6.45, 7) is 9.25. The molecule has 0 saturated heterocycles. The van der Waals surface area contributed by atoms with E-state index in [1.54, 1.807) is 0 Å². The van der Waals surface area contributed by atoms with E-state index in [4.69, 9.17) is 0 Å². The summed E-state index contributed by atoms with van der Waals surface area (Å²) in [5, 5.41) is 12.8. The second-order valence-corrected chi connectivity index (χ2v) is 8.37. The maximum absolute atomic E-state index is 13.0. The zero-order valence-electron chi connectivity index (χ0n) is 18.0. The molecule has 0 spiro atoms. The highest BCUT2D eigenvalue weighted by atomic mass is 16.2. The summed E-state index contributed by atoms with van der Waals surface area (Å²) in [5.41, 5.74) is 3.64. The van der Waals surface area contributed by atoms with E-state index in [1.807, 2.05) is 32.0 Å². The van der Waals surface area contributed by atoms with E-state index < -0.39 is 0 Å². The number of anilines is 1. The Bertz CT molecular complexity index is 886. The molecule has 1 aromatic carbocycles. The van der Waals surface area contributed by atoms with Crippen LogP contribution in [0.15, 0.2) is 30.3 Å². The number of nitriles is 1. The Kier molecular flexibility index (Phi) is 6.76. The van der Waals surface area contributed by atoms with E-state index in [1.165, 1.54) is 12.8 Å². The predicted molar refractivity (Wildman–Crippen MR) is 117 cm³/mol. The van der Waals surface area contributed by atoms with Crippen LogP contribution in [-0.2, 0) is 11.3 Å². The molecule has 0 bridgehead atoms. The normalized spacial score (nSPS) is 14.5. The first-order valence-corrected chi connectivity index (χ1v) is 10.6. The van der Waals surface area contributed by atoms with Crippen LogP contribution in [0.3, 0.4) is 0 Å². The summed E-state index contributed by atoms with van der Waals surface area (Å²) >= 11 is 0. The van der Waals surface area contributed by atoms with Gasteiger partial charge in [0.2, 0.25) is 5.91 Å². The van der Waals surface area contributed by atoms with Crippen molar-refractivity contribution in [1.29, 1.82) is 5.26 Å². The Hall–Kier alpha value is -2.58. The maximum atomic E-state index is 13.0. The molecule has 29 heavy (non-hydrogen) atoms. The number of amides is 1. The Balaban J connectivity index is 1.84. The number of benzene rings is 1. The molecule has 1 aliphatic carbocycles. The standard InChI is InChI=1S/C24H32N4O/c1-17(2)27(21-12-8-9-13-21)16-23(29)26-24-22(14-25)18(3)19(4)28(24)15-20-10-6-5-7-11-20/h5-7,10-11,17,21H,8-9,12-13,15-16H2,1-4H3,(H,26,29). The van der Waals surface area contributed by atoms with E-state index in [-0.39, 0.29) is 5.91 Å². The molecule has 5 nitrogen and oxygen atoms in total. The number of carbonyl (C=O) groups excluding carboxylic acids is 1. The third kappa shape index (κ3) is 4.71. The van der Waals surface area contributed by atoms with Gasteiger partial charge >= 0.3 is 0 Å². The number of nitrogens with zero attached hydrogens (tertiary/aromatic N) is 3. The van der Waals surface area contributed by atoms with Crippen molar-refractivity contribution in [3.63, 3.8) is 0 Å². The molecule has 3 rings (SSSR count). The monoisotopic (exact) mass is 392 g/mol. The lowest BCUT2D eigenvalue weighted by molar-refractivity contribution is -0.118. The molecule has 1 aliphatic rings. The van der Waals surface area contributed by atoms with Crippen molar-refractivity contribution in [2.45, 2.75) is 72.0 Å². The van der Waals surface area contributed by atoms with Crippen molar-refractivity contribution in [3.8, 4) is 6.07 Å². The van der Waals surface area contributed by atoms with Crippen LogP contribution >= 0.6 is 0 Å². The van der Waals surface area contributed by atoms with Crippen molar-refractivity contribution >= 4 is 11.7 Å². The van der Waals surface area contributed by atoms with Gasteiger partial charge in [0.05, 0.1) is 12.1 Å². The summed E-state index contributed by atoms with van der Waals surface area (Å²) in [6.07, 6.45) is 4.81. The van der Waals surface area contributed by atoms with Crippen LogP contribution in [-0.4, -0.2) is 34.0 Å². The minimum absolute atomic E-state index is 0.0473. The largest absolute Gasteiger partial charge is 0.326 e. The molecule has 1 saturated carbocycles. The number of nitrogens with one attached hydrogen (secondary N) is 1. The molecule has 0 atom stereocenters.